The lowest BCUT2D eigenvalue weighted by Gasteiger charge is -2.13. The maximum absolute atomic E-state index is 10.1. The zero-order valence-corrected chi connectivity index (χ0v) is 19.1. The summed E-state index contributed by atoms with van der Waals surface area (Å²) in [5.41, 5.74) is 6.04. The first-order valence-electron chi connectivity index (χ1n) is 11.1. The lowest BCUT2D eigenvalue weighted by molar-refractivity contribution is -0.119. The van der Waals surface area contributed by atoms with E-state index in [1.165, 1.54) is 5.56 Å². The van der Waals surface area contributed by atoms with Crippen molar-refractivity contribution >= 4 is 12.3 Å². The highest BCUT2D eigenvalue weighted by molar-refractivity contribution is 5.78. The van der Waals surface area contributed by atoms with Gasteiger partial charge in [0.2, 0.25) is 12.3 Å². The molecule has 2 aromatic carbocycles. The van der Waals surface area contributed by atoms with E-state index >= 15 is 0 Å². The second-order valence-electron chi connectivity index (χ2n) is 8.16. The van der Waals surface area contributed by atoms with Crippen molar-refractivity contribution in [2.24, 2.45) is 11.7 Å². The van der Waals surface area contributed by atoms with Crippen LogP contribution in [0.1, 0.15) is 24.8 Å². The van der Waals surface area contributed by atoms with Gasteiger partial charge in [-0.1, -0.05) is 18.2 Å². The van der Waals surface area contributed by atoms with E-state index < -0.39 is 0 Å². The maximum Gasteiger partial charge on any atom is 0.220 e. The van der Waals surface area contributed by atoms with Gasteiger partial charge in [0, 0.05) is 18.6 Å². The molecule has 8 nitrogen and oxygen atoms in total. The lowest BCUT2D eigenvalue weighted by atomic mass is 10.1. The largest absolute Gasteiger partial charge is 0.497 e. The van der Waals surface area contributed by atoms with Crippen molar-refractivity contribution in [3.63, 3.8) is 0 Å². The minimum Gasteiger partial charge on any atom is -0.497 e. The Labute approximate surface area is 194 Å². The number of amides is 2. The van der Waals surface area contributed by atoms with Gasteiger partial charge in [-0.25, -0.2) is 0 Å². The number of nitrogens with two attached hydrogens (primary N) is 1. The van der Waals surface area contributed by atoms with E-state index in [2.05, 4.69) is 5.32 Å². The highest BCUT2D eigenvalue weighted by Gasteiger charge is 2.41. The van der Waals surface area contributed by atoms with Crippen molar-refractivity contribution < 1.29 is 28.5 Å². The molecule has 2 aliphatic heterocycles. The van der Waals surface area contributed by atoms with Crippen molar-refractivity contribution in [3.8, 4) is 17.2 Å². The number of carbonyl (C=O) groups excluding carboxylic acids is 2. The average molecular weight is 457 g/mol. The first-order valence-corrected chi connectivity index (χ1v) is 11.1. The molecule has 3 fully saturated rings. The Morgan fingerprint density at radius 1 is 1.06 bits per heavy atom. The van der Waals surface area contributed by atoms with E-state index in [9.17, 15) is 9.59 Å². The molecule has 178 valence electrons. The summed E-state index contributed by atoms with van der Waals surface area (Å²) < 4.78 is 21.6. The van der Waals surface area contributed by atoms with Crippen LogP contribution in [-0.4, -0.2) is 50.9 Å². The van der Waals surface area contributed by atoms with Crippen LogP contribution in [0.4, 0.5) is 0 Å². The minimum absolute atomic E-state index is 0.0694. The predicted molar refractivity (Wildman–Crippen MR) is 123 cm³/mol. The third-order valence-corrected chi connectivity index (χ3v) is 5.49. The number of carbonyl (C=O) groups is 2. The standard InChI is InChI=1S/C14H14O2.C7H11NO3.C4H7NO/c1-11-5-3-7-13(9-11)16-14-8-4-6-12(10-14)15-2;9-4-8-5-3-11-6-1-2-10-7(5)6;5-4(6)3-1-2-3/h3-10H,1-2H3;4-7H,1-3H2,(H,8,9);3H,1-2H2,(H2,5,6). The second kappa shape index (κ2) is 12.2. The van der Waals surface area contributed by atoms with Crippen molar-refractivity contribution in [2.75, 3.05) is 20.3 Å². The molecule has 5 rings (SSSR count). The van der Waals surface area contributed by atoms with Gasteiger partial charge in [-0.2, -0.15) is 0 Å². The number of rotatable bonds is 6. The van der Waals surface area contributed by atoms with E-state index in [1.807, 2.05) is 55.5 Å². The summed E-state index contributed by atoms with van der Waals surface area (Å²) in [6.07, 6.45) is 4.03. The summed E-state index contributed by atoms with van der Waals surface area (Å²) in [5, 5.41) is 2.69. The smallest absolute Gasteiger partial charge is 0.220 e. The molecule has 2 amide bonds. The third-order valence-electron chi connectivity index (χ3n) is 5.49. The van der Waals surface area contributed by atoms with Crippen LogP contribution in [0.25, 0.3) is 0 Å². The fourth-order valence-electron chi connectivity index (χ4n) is 3.55. The van der Waals surface area contributed by atoms with E-state index in [-0.39, 0.29) is 30.1 Å². The summed E-state index contributed by atoms with van der Waals surface area (Å²) in [5.74, 6) is 2.53. The van der Waals surface area contributed by atoms with Gasteiger partial charge in [0.05, 0.1) is 25.9 Å². The van der Waals surface area contributed by atoms with Crippen LogP contribution in [0.2, 0.25) is 0 Å². The Hall–Kier alpha value is -3.10. The van der Waals surface area contributed by atoms with Gasteiger partial charge in [-0.05, 0) is 56.0 Å². The molecule has 8 heteroatoms. The van der Waals surface area contributed by atoms with Gasteiger partial charge < -0.3 is 30.0 Å². The van der Waals surface area contributed by atoms with Gasteiger partial charge in [0.25, 0.3) is 0 Å². The molecule has 0 spiro atoms. The molecule has 3 atom stereocenters. The number of primary amides is 1. The SMILES string of the molecule is COc1cccc(Oc2cccc(C)c2)c1.NC(=O)C1CC1.O=CNC1COC2CCOC12. The molecule has 0 radical (unpaired) electrons. The van der Waals surface area contributed by atoms with Crippen LogP contribution in [0, 0.1) is 12.8 Å². The number of hydrogen-bond donors (Lipinski definition) is 2. The molecule has 3 N–H and O–H groups in total. The fraction of sp³-hybridized carbons (Fsp3) is 0.440. The normalized spacial score (nSPS) is 22.5. The molecule has 2 aromatic rings. The molecular formula is C25H32N2O6. The van der Waals surface area contributed by atoms with Crippen LogP contribution < -0.4 is 20.5 Å². The highest BCUT2D eigenvalue weighted by Crippen LogP contribution is 2.28. The lowest BCUT2D eigenvalue weighted by Crippen LogP contribution is -2.39. The van der Waals surface area contributed by atoms with E-state index in [0.29, 0.717) is 13.0 Å². The number of aryl methyl sites for hydroxylation is 1. The first kappa shape index (κ1) is 24.5. The van der Waals surface area contributed by atoms with Crippen LogP contribution in [-0.2, 0) is 19.1 Å². The van der Waals surface area contributed by atoms with Crippen LogP contribution >= 0.6 is 0 Å². The topological polar surface area (TPSA) is 109 Å². The molecule has 3 aliphatic rings. The molecule has 1 saturated carbocycles. The van der Waals surface area contributed by atoms with Crippen LogP contribution in [0.3, 0.4) is 0 Å². The molecule has 2 heterocycles. The summed E-state index contributed by atoms with van der Waals surface area (Å²) in [7, 11) is 1.64. The Balaban J connectivity index is 0.000000155. The quantitative estimate of drug-likeness (QED) is 0.647. The van der Waals surface area contributed by atoms with E-state index in [0.717, 1.165) is 43.1 Å². The van der Waals surface area contributed by atoms with Gasteiger partial charge >= 0.3 is 0 Å². The zero-order valence-electron chi connectivity index (χ0n) is 19.1. The monoisotopic (exact) mass is 456 g/mol. The van der Waals surface area contributed by atoms with Gasteiger partial charge in [0.15, 0.2) is 0 Å². The summed E-state index contributed by atoms with van der Waals surface area (Å²) in [4.78, 5) is 20.1. The van der Waals surface area contributed by atoms with E-state index in [4.69, 9.17) is 24.7 Å². The number of hydrogen-bond acceptors (Lipinski definition) is 6. The Morgan fingerprint density at radius 2 is 1.76 bits per heavy atom. The Morgan fingerprint density at radius 3 is 2.36 bits per heavy atom. The maximum atomic E-state index is 10.1. The molecular weight excluding hydrogens is 424 g/mol. The van der Waals surface area contributed by atoms with Crippen LogP contribution in [0.15, 0.2) is 48.5 Å². The summed E-state index contributed by atoms with van der Waals surface area (Å²) in [6.45, 7) is 3.39. The molecule has 2 saturated heterocycles. The third kappa shape index (κ3) is 7.76. The molecule has 0 bridgehead atoms. The summed E-state index contributed by atoms with van der Waals surface area (Å²) in [6, 6.07) is 15.6. The number of fused-ring (bicyclic) bond motifs is 1. The van der Waals surface area contributed by atoms with Gasteiger partial charge in [-0.3, -0.25) is 9.59 Å². The average Bonchev–Trinajstić information content (AvgIpc) is 3.45. The second-order valence-corrected chi connectivity index (χ2v) is 8.16. The Kier molecular flexibility index (Phi) is 9.09. The number of methoxy groups -OCH3 is 1. The summed E-state index contributed by atoms with van der Waals surface area (Å²) >= 11 is 0. The minimum atomic E-state index is -0.130. The number of benzene rings is 2. The molecule has 1 aliphatic carbocycles. The molecule has 3 unspecified atom stereocenters. The van der Waals surface area contributed by atoms with E-state index in [1.54, 1.807) is 7.11 Å². The van der Waals surface area contributed by atoms with Crippen molar-refractivity contribution in [2.45, 2.75) is 44.4 Å². The Bertz CT molecular complexity index is 917. The number of ether oxygens (including phenoxy) is 4. The fourth-order valence-corrected chi connectivity index (χ4v) is 3.55. The van der Waals surface area contributed by atoms with Gasteiger partial charge in [0.1, 0.15) is 23.4 Å². The zero-order chi connectivity index (χ0) is 23.6. The number of nitrogens with one attached hydrogen (secondary N) is 1. The van der Waals surface area contributed by atoms with Gasteiger partial charge in [-0.15, -0.1) is 0 Å². The van der Waals surface area contributed by atoms with Crippen molar-refractivity contribution in [1.82, 2.24) is 5.32 Å². The highest BCUT2D eigenvalue weighted by atomic mass is 16.6. The predicted octanol–water partition coefficient (Wildman–Crippen LogP) is 2.97. The molecule has 0 aromatic heterocycles. The van der Waals surface area contributed by atoms with Crippen molar-refractivity contribution in [1.29, 1.82) is 0 Å². The van der Waals surface area contributed by atoms with Crippen molar-refractivity contribution in [3.05, 3.63) is 54.1 Å². The first-order chi connectivity index (χ1) is 16.0. The molecule has 33 heavy (non-hydrogen) atoms. The van der Waals surface area contributed by atoms with Crippen LogP contribution in [0.5, 0.6) is 17.2 Å².